The predicted molar refractivity (Wildman–Crippen MR) is 62.1 cm³/mol. The number of aliphatic carboxylic acids is 1. The number of aliphatic hydroxyl groups excluding tert-OH is 1. The van der Waals surface area contributed by atoms with Crippen molar-refractivity contribution in [2.45, 2.75) is 6.04 Å². The molecule has 1 amide bonds. The van der Waals surface area contributed by atoms with Crippen molar-refractivity contribution in [2.24, 2.45) is 0 Å². The van der Waals surface area contributed by atoms with Crippen molar-refractivity contribution < 1.29 is 19.8 Å². The lowest BCUT2D eigenvalue weighted by molar-refractivity contribution is -0.140. The van der Waals surface area contributed by atoms with E-state index in [1.807, 2.05) is 0 Å². The summed E-state index contributed by atoms with van der Waals surface area (Å²) >= 11 is 0. The van der Waals surface area contributed by atoms with E-state index in [1.165, 1.54) is 0 Å². The first-order chi connectivity index (χ1) is 8.61. The van der Waals surface area contributed by atoms with Gasteiger partial charge in [-0.1, -0.05) is 0 Å². The number of nitrogens with zero attached hydrogens (tertiary/aromatic N) is 1. The molecule has 18 heavy (non-hydrogen) atoms. The fourth-order valence-corrected chi connectivity index (χ4v) is 1.51. The third kappa shape index (κ3) is 2.30. The third-order valence-corrected chi connectivity index (χ3v) is 2.49. The number of aliphatic hydroxyl groups is 1. The number of carboxylic acid groups (broad SMARTS) is 1. The van der Waals surface area contributed by atoms with Crippen LogP contribution in [0.2, 0.25) is 0 Å². The van der Waals surface area contributed by atoms with Gasteiger partial charge in [0, 0.05) is 10.9 Å². The van der Waals surface area contributed by atoms with Gasteiger partial charge in [0.15, 0.2) is 6.04 Å². The zero-order chi connectivity index (χ0) is 13.1. The number of carboxylic acids is 1. The van der Waals surface area contributed by atoms with E-state index < -0.39 is 24.5 Å². The van der Waals surface area contributed by atoms with E-state index >= 15 is 0 Å². The maximum atomic E-state index is 11.8. The Balaban J connectivity index is 2.19. The van der Waals surface area contributed by atoms with Crippen LogP contribution in [0.25, 0.3) is 10.9 Å². The molecule has 2 rings (SSSR count). The number of amides is 1. The molecule has 1 unspecified atom stereocenters. The molecule has 0 saturated heterocycles. The van der Waals surface area contributed by atoms with E-state index in [4.69, 9.17) is 10.2 Å². The van der Waals surface area contributed by atoms with Gasteiger partial charge in [0.1, 0.15) is 0 Å². The first-order valence-electron chi connectivity index (χ1n) is 5.19. The second kappa shape index (κ2) is 4.84. The highest BCUT2D eigenvalue weighted by Gasteiger charge is 2.19. The van der Waals surface area contributed by atoms with Crippen LogP contribution >= 0.6 is 0 Å². The maximum absolute atomic E-state index is 11.8. The summed E-state index contributed by atoms with van der Waals surface area (Å²) in [6.45, 7) is -0.658. The summed E-state index contributed by atoms with van der Waals surface area (Å²) in [7, 11) is 0. The van der Waals surface area contributed by atoms with Gasteiger partial charge < -0.3 is 15.5 Å². The molecule has 7 heteroatoms. The molecule has 0 fully saturated rings. The Labute approximate surface area is 101 Å². The fourth-order valence-electron chi connectivity index (χ4n) is 1.51. The van der Waals surface area contributed by atoms with Gasteiger partial charge in [0.05, 0.1) is 18.3 Å². The summed E-state index contributed by atoms with van der Waals surface area (Å²) in [5.74, 6) is -1.84. The number of carbonyl (C=O) groups excluding carboxylic acids is 1. The van der Waals surface area contributed by atoms with Crippen molar-refractivity contribution in [3.05, 3.63) is 30.0 Å². The number of nitrogens with one attached hydrogen (secondary N) is 2. The molecule has 1 atom stereocenters. The minimum atomic E-state index is -1.31. The number of benzene rings is 1. The maximum Gasteiger partial charge on any atom is 0.328 e. The summed E-state index contributed by atoms with van der Waals surface area (Å²) < 4.78 is 0. The summed E-state index contributed by atoms with van der Waals surface area (Å²) in [5, 5.41) is 27.1. The van der Waals surface area contributed by atoms with Crippen molar-refractivity contribution in [3.8, 4) is 0 Å². The molecule has 7 nitrogen and oxygen atoms in total. The first kappa shape index (κ1) is 12.1. The van der Waals surface area contributed by atoms with E-state index in [9.17, 15) is 9.59 Å². The molecule has 0 radical (unpaired) electrons. The number of aromatic nitrogens is 2. The zero-order valence-electron chi connectivity index (χ0n) is 9.25. The highest BCUT2D eigenvalue weighted by molar-refractivity contribution is 5.99. The number of H-pyrrole nitrogens is 1. The second-order valence-corrected chi connectivity index (χ2v) is 3.72. The number of rotatable bonds is 4. The van der Waals surface area contributed by atoms with Crippen LogP contribution in [0.5, 0.6) is 0 Å². The van der Waals surface area contributed by atoms with E-state index in [2.05, 4.69) is 15.5 Å². The molecule has 0 spiro atoms. The highest BCUT2D eigenvalue weighted by Crippen LogP contribution is 2.12. The molecule has 0 saturated carbocycles. The Morgan fingerprint density at radius 3 is 2.89 bits per heavy atom. The Morgan fingerprint density at radius 1 is 1.44 bits per heavy atom. The number of aromatic amines is 1. The molecule has 1 heterocycles. The standard InChI is InChI=1S/C11H11N3O4/c15-5-9(11(17)18)13-10(16)6-1-2-8-7(3-6)4-12-14-8/h1-4,9,15H,5H2,(H,12,14)(H,13,16)(H,17,18). The molecule has 1 aromatic carbocycles. The Hall–Kier alpha value is -2.41. The van der Waals surface area contributed by atoms with Crippen LogP contribution in [0.4, 0.5) is 0 Å². The van der Waals surface area contributed by atoms with Crippen molar-refractivity contribution in [3.63, 3.8) is 0 Å². The molecule has 0 aliphatic carbocycles. The first-order valence-corrected chi connectivity index (χ1v) is 5.19. The summed E-state index contributed by atoms with van der Waals surface area (Å²) in [4.78, 5) is 22.4. The molecule has 0 aliphatic heterocycles. The van der Waals surface area contributed by atoms with Gasteiger partial charge in [0.2, 0.25) is 0 Å². The summed E-state index contributed by atoms with van der Waals surface area (Å²) in [5.41, 5.74) is 1.09. The topological polar surface area (TPSA) is 115 Å². The molecule has 94 valence electrons. The van der Waals surface area contributed by atoms with Crippen molar-refractivity contribution in [1.29, 1.82) is 0 Å². The number of hydrogen-bond acceptors (Lipinski definition) is 4. The normalized spacial score (nSPS) is 12.3. The van der Waals surface area contributed by atoms with E-state index in [0.29, 0.717) is 5.56 Å². The average Bonchev–Trinajstić information content (AvgIpc) is 2.82. The lowest BCUT2D eigenvalue weighted by Crippen LogP contribution is -2.43. The smallest absolute Gasteiger partial charge is 0.328 e. The van der Waals surface area contributed by atoms with Crippen molar-refractivity contribution in [1.82, 2.24) is 15.5 Å². The van der Waals surface area contributed by atoms with Gasteiger partial charge in [-0.05, 0) is 18.2 Å². The Bertz CT molecular complexity index is 593. The minimum absolute atomic E-state index is 0.309. The molecule has 4 N–H and O–H groups in total. The van der Waals surface area contributed by atoms with Crippen LogP contribution in [-0.2, 0) is 4.79 Å². The fraction of sp³-hybridized carbons (Fsp3) is 0.182. The highest BCUT2D eigenvalue weighted by atomic mass is 16.4. The van der Waals surface area contributed by atoms with Gasteiger partial charge in [-0.2, -0.15) is 5.10 Å². The van der Waals surface area contributed by atoms with Gasteiger partial charge in [-0.25, -0.2) is 4.79 Å². The van der Waals surface area contributed by atoms with Gasteiger partial charge in [0.25, 0.3) is 5.91 Å². The Kier molecular flexibility index (Phi) is 3.24. The molecule has 1 aromatic heterocycles. The van der Waals surface area contributed by atoms with Gasteiger partial charge in [-0.15, -0.1) is 0 Å². The van der Waals surface area contributed by atoms with Gasteiger partial charge >= 0.3 is 5.97 Å². The summed E-state index contributed by atoms with van der Waals surface area (Å²) in [6, 6.07) is 3.50. The monoisotopic (exact) mass is 249 g/mol. The Morgan fingerprint density at radius 2 is 2.22 bits per heavy atom. The number of hydrogen-bond donors (Lipinski definition) is 4. The average molecular weight is 249 g/mol. The molecular formula is C11H11N3O4. The van der Waals surface area contributed by atoms with Crippen LogP contribution in [0.3, 0.4) is 0 Å². The lowest BCUT2D eigenvalue weighted by Gasteiger charge is -2.11. The molecule has 2 aromatic rings. The predicted octanol–water partition coefficient (Wildman–Crippen LogP) is -0.262. The lowest BCUT2D eigenvalue weighted by atomic mass is 10.1. The largest absolute Gasteiger partial charge is 0.480 e. The van der Waals surface area contributed by atoms with E-state index in [1.54, 1.807) is 24.4 Å². The van der Waals surface area contributed by atoms with Crippen LogP contribution in [0, 0.1) is 0 Å². The van der Waals surface area contributed by atoms with Crippen molar-refractivity contribution in [2.75, 3.05) is 6.61 Å². The minimum Gasteiger partial charge on any atom is -0.480 e. The van der Waals surface area contributed by atoms with Crippen LogP contribution < -0.4 is 5.32 Å². The number of fused-ring (bicyclic) bond motifs is 1. The number of carbonyl (C=O) groups is 2. The zero-order valence-corrected chi connectivity index (χ0v) is 9.25. The summed E-state index contributed by atoms with van der Waals surface area (Å²) in [6.07, 6.45) is 1.56. The van der Waals surface area contributed by atoms with Gasteiger partial charge in [-0.3, -0.25) is 9.89 Å². The quantitative estimate of drug-likeness (QED) is 0.595. The van der Waals surface area contributed by atoms with Crippen molar-refractivity contribution >= 4 is 22.8 Å². The molecule has 0 bridgehead atoms. The van der Waals surface area contributed by atoms with Crippen LogP contribution in [0.15, 0.2) is 24.4 Å². The second-order valence-electron chi connectivity index (χ2n) is 3.72. The van der Waals surface area contributed by atoms with Crippen LogP contribution in [-0.4, -0.2) is 44.9 Å². The van der Waals surface area contributed by atoms with E-state index in [-0.39, 0.29) is 0 Å². The SMILES string of the molecule is O=C(NC(CO)C(=O)O)c1ccc2[nH]ncc2c1. The third-order valence-electron chi connectivity index (χ3n) is 2.49. The molecular weight excluding hydrogens is 238 g/mol. The van der Waals surface area contributed by atoms with Crippen LogP contribution in [0.1, 0.15) is 10.4 Å². The van der Waals surface area contributed by atoms with E-state index in [0.717, 1.165) is 10.9 Å². The molecule has 0 aliphatic rings.